The number of carbonyl (C=O) groups is 2. The zero-order valence-corrected chi connectivity index (χ0v) is 33.9. The Kier molecular flexibility index (Phi) is 37.8. The van der Waals surface area contributed by atoms with E-state index >= 15 is 0 Å². The second kappa shape index (κ2) is 39.7. The maximum absolute atomic E-state index is 12.6. The van der Waals surface area contributed by atoms with E-state index in [-0.39, 0.29) is 38.4 Å². The van der Waals surface area contributed by atoms with Crippen LogP contribution in [0, 0.1) is 0 Å². The number of phosphoric ester groups is 1. The molecule has 0 spiro atoms. The van der Waals surface area contributed by atoms with Gasteiger partial charge in [-0.05, 0) is 89.9 Å². The summed E-state index contributed by atoms with van der Waals surface area (Å²) in [6.07, 6.45) is 47.1. The SMILES string of the molecule is CCCCCC=CCC=CCC=CCCCCC(=O)OCCCOP(=O)(OC)OCCCOC(=O)CCCCC=CCC=CCC=CCCCCC. The van der Waals surface area contributed by atoms with Gasteiger partial charge in [-0.3, -0.25) is 23.2 Å². The van der Waals surface area contributed by atoms with Gasteiger partial charge in [-0.25, -0.2) is 4.57 Å². The lowest BCUT2D eigenvalue weighted by Crippen LogP contribution is -2.09. The number of hydrogen-bond acceptors (Lipinski definition) is 8. The van der Waals surface area contributed by atoms with Crippen molar-refractivity contribution in [2.45, 2.75) is 155 Å². The van der Waals surface area contributed by atoms with E-state index in [1.165, 1.54) is 58.5 Å². The summed E-state index contributed by atoms with van der Waals surface area (Å²) in [4.78, 5) is 24.0. The van der Waals surface area contributed by atoms with Crippen LogP contribution >= 0.6 is 7.82 Å². The van der Waals surface area contributed by atoms with Crippen molar-refractivity contribution in [1.29, 1.82) is 0 Å². The van der Waals surface area contributed by atoms with Gasteiger partial charge in [-0.15, -0.1) is 0 Å². The van der Waals surface area contributed by atoms with Gasteiger partial charge in [0.1, 0.15) is 0 Å². The second-order valence-corrected chi connectivity index (χ2v) is 14.5. The lowest BCUT2D eigenvalue weighted by Gasteiger charge is -2.16. The molecule has 0 aliphatic rings. The molecule has 0 radical (unpaired) electrons. The Balaban J connectivity index is 3.73. The number of rotatable bonds is 37. The van der Waals surface area contributed by atoms with Gasteiger partial charge in [0.15, 0.2) is 0 Å². The highest BCUT2D eigenvalue weighted by Crippen LogP contribution is 2.48. The Morgan fingerprint density at radius 3 is 1.10 bits per heavy atom. The first-order valence-electron chi connectivity index (χ1n) is 20.1. The summed E-state index contributed by atoms with van der Waals surface area (Å²) in [5, 5.41) is 0. The normalized spacial score (nSPS) is 13.5. The van der Waals surface area contributed by atoms with E-state index in [2.05, 4.69) is 86.8 Å². The molecule has 0 aromatic heterocycles. The van der Waals surface area contributed by atoms with E-state index in [4.69, 9.17) is 23.0 Å². The Hall–Kier alpha value is -2.51. The summed E-state index contributed by atoms with van der Waals surface area (Å²) in [6, 6.07) is 0. The molecule has 0 aliphatic heterocycles. The highest BCUT2D eigenvalue weighted by molar-refractivity contribution is 7.48. The van der Waals surface area contributed by atoms with Gasteiger partial charge in [-0.2, -0.15) is 0 Å². The lowest BCUT2D eigenvalue weighted by atomic mass is 10.1. The molecule has 0 heterocycles. The third kappa shape index (κ3) is 37.3. The molecule has 0 aromatic carbocycles. The molecule has 9 heteroatoms. The highest BCUT2D eigenvalue weighted by Gasteiger charge is 2.24. The first-order valence-corrected chi connectivity index (χ1v) is 21.6. The molecule has 0 bridgehead atoms. The van der Waals surface area contributed by atoms with Crippen LogP contribution in [0.2, 0.25) is 0 Å². The lowest BCUT2D eigenvalue weighted by molar-refractivity contribution is -0.144. The standard InChI is InChI=1S/C43H73O8P/c1-4-6-8-10-12-14-16-18-20-22-24-26-28-30-32-36-42(44)48-38-34-40-50-52(46,47-3)51-41-35-39-49-43(45)37-33-31-29-27-25-23-21-19-17-15-13-11-9-7-5-2/h12-15,18-21,24-27H,4-11,16-17,22-23,28-41H2,1-3H3. The minimum Gasteiger partial charge on any atom is -0.466 e. The van der Waals surface area contributed by atoms with E-state index in [1.807, 2.05) is 0 Å². The second-order valence-electron chi connectivity index (χ2n) is 12.7. The van der Waals surface area contributed by atoms with Crippen LogP contribution in [-0.4, -0.2) is 45.5 Å². The van der Waals surface area contributed by atoms with Crippen LogP contribution in [0.3, 0.4) is 0 Å². The van der Waals surface area contributed by atoms with E-state index in [9.17, 15) is 14.2 Å². The van der Waals surface area contributed by atoms with Gasteiger partial charge in [-0.1, -0.05) is 112 Å². The molecule has 0 saturated heterocycles. The molecule has 0 saturated carbocycles. The number of carbonyl (C=O) groups excluding carboxylic acids is 2. The number of ether oxygens (including phenoxy) is 2. The molecule has 8 nitrogen and oxygen atoms in total. The molecular weight excluding hydrogens is 675 g/mol. The summed E-state index contributed by atoms with van der Waals surface area (Å²) < 4.78 is 38.6. The van der Waals surface area contributed by atoms with Crippen LogP contribution in [0.1, 0.15) is 155 Å². The van der Waals surface area contributed by atoms with Crippen LogP contribution in [0.15, 0.2) is 72.9 Å². The number of allylic oxidation sites excluding steroid dienone is 12. The predicted molar refractivity (Wildman–Crippen MR) is 216 cm³/mol. The van der Waals surface area contributed by atoms with Crippen molar-refractivity contribution in [3.63, 3.8) is 0 Å². The molecule has 0 N–H and O–H groups in total. The van der Waals surface area contributed by atoms with Gasteiger partial charge in [0.25, 0.3) is 0 Å². The first-order chi connectivity index (χ1) is 25.5. The number of hydrogen-bond donors (Lipinski definition) is 0. The molecule has 298 valence electrons. The minimum absolute atomic E-state index is 0.0601. The summed E-state index contributed by atoms with van der Waals surface area (Å²) in [5.41, 5.74) is 0. The monoisotopic (exact) mass is 749 g/mol. The molecule has 0 atom stereocenters. The molecule has 0 aromatic rings. The van der Waals surface area contributed by atoms with Crippen LogP contribution in [0.4, 0.5) is 0 Å². The first kappa shape index (κ1) is 49.5. The van der Waals surface area contributed by atoms with Crippen molar-refractivity contribution < 1.29 is 37.2 Å². The van der Waals surface area contributed by atoms with Crippen LogP contribution < -0.4 is 0 Å². The fourth-order valence-corrected chi connectivity index (χ4v) is 5.76. The third-order valence-electron chi connectivity index (χ3n) is 7.87. The predicted octanol–water partition coefficient (Wildman–Crippen LogP) is 12.8. The van der Waals surface area contributed by atoms with Crippen molar-refractivity contribution in [3.05, 3.63) is 72.9 Å². The van der Waals surface area contributed by atoms with E-state index < -0.39 is 7.82 Å². The van der Waals surface area contributed by atoms with E-state index in [1.54, 1.807) is 0 Å². The number of phosphoric acid groups is 1. The van der Waals surface area contributed by atoms with E-state index in [0.717, 1.165) is 64.2 Å². The highest BCUT2D eigenvalue weighted by atomic mass is 31.2. The summed E-state index contributed by atoms with van der Waals surface area (Å²) in [5.74, 6) is -0.495. The van der Waals surface area contributed by atoms with E-state index in [0.29, 0.717) is 25.7 Å². The Morgan fingerprint density at radius 1 is 0.442 bits per heavy atom. The van der Waals surface area contributed by atoms with Gasteiger partial charge in [0, 0.05) is 32.8 Å². The number of unbranched alkanes of at least 4 members (excludes halogenated alkanes) is 10. The van der Waals surface area contributed by atoms with Crippen LogP contribution in [-0.2, 0) is 37.2 Å². The molecule has 0 rings (SSSR count). The molecule has 0 fully saturated rings. The molecular formula is C43H73O8P. The van der Waals surface area contributed by atoms with Crippen molar-refractivity contribution in [1.82, 2.24) is 0 Å². The smallest absolute Gasteiger partial charge is 0.466 e. The largest absolute Gasteiger partial charge is 0.474 e. The van der Waals surface area contributed by atoms with Gasteiger partial charge in [0.05, 0.1) is 26.4 Å². The van der Waals surface area contributed by atoms with Crippen LogP contribution in [0.5, 0.6) is 0 Å². The summed E-state index contributed by atoms with van der Waals surface area (Å²) in [7, 11) is -2.48. The maximum Gasteiger partial charge on any atom is 0.474 e. The van der Waals surface area contributed by atoms with Gasteiger partial charge >= 0.3 is 19.8 Å². The third-order valence-corrected chi connectivity index (χ3v) is 9.31. The van der Waals surface area contributed by atoms with Crippen molar-refractivity contribution in [2.24, 2.45) is 0 Å². The Labute approximate surface area is 317 Å². The van der Waals surface area contributed by atoms with Crippen LogP contribution in [0.25, 0.3) is 0 Å². The summed E-state index contributed by atoms with van der Waals surface area (Å²) in [6.45, 7) is 4.91. The minimum atomic E-state index is -3.73. The average Bonchev–Trinajstić information content (AvgIpc) is 3.14. The number of esters is 2. The van der Waals surface area contributed by atoms with Crippen molar-refractivity contribution in [2.75, 3.05) is 33.5 Å². The topological polar surface area (TPSA) is 97.4 Å². The molecule has 0 aliphatic carbocycles. The van der Waals surface area contributed by atoms with Crippen molar-refractivity contribution >= 4 is 19.8 Å². The fourth-order valence-electron chi connectivity index (χ4n) is 4.77. The molecule has 52 heavy (non-hydrogen) atoms. The van der Waals surface area contributed by atoms with Gasteiger partial charge < -0.3 is 9.47 Å². The maximum atomic E-state index is 12.6. The quantitative estimate of drug-likeness (QED) is 0.0268. The molecule has 0 amide bonds. The average molecular weight is 749 g/mol. The Bertz CT molecular complexity index is 981. The summed E-state index contributed by atoms with van der Waals surface area (Å²) >= 11 is 0. The van der Waals surface area contributed by atoms with Crippen molar-refractivity contribution in [3.8, 4) is 0 Å². The zero-order valence-electron chi connectivity index (χ0n) is 33.0. The Morgan fingerprint density at radius 2 is 0.769 bits per heavy atom. The van der Waals surface area contributed by atoms with Gasteiger partial charge in [0.2, 0.25) is 0 Å². The molecule has 0 unspecified atom stereocenters. The zero-order chi connectivity index (χ0) is 38.1. The fraction of sp³-hybridized carbons (Fsp3) is 0.674.